The number of ketones is 1. The molecule has 2 atom stereocenters. The quantitative estimate of drug-likeness (QED) is 0.164. The molecule has 1 aliphatic rings. The Morgan fingerprint density at radius 2 is 1.54 bits per heavy atom. The van der Waals surface area contributed by atoms with Crippen LogP contribution in [0, 0.1) is 0 Å². The third kappa shape index (κ3) is 7.49. The van der Waals surface area contributed by atoms with E-state index in [1.807, 2.05) is 55.6 Å². The monoisotopic (exact) mass is 547 g/mol. The van der Waals surface area contributed by atoms with E-state index in [-0.39, 0.29) is 29.7 Å². The summed E-state index contributed by atoms with van der Waals surface area (Å²) in [5, 5.41) is 9.11. The first kappa shape index (κ1) is 28.7. The molecule has 0 aliphatic carbocycles. The third-order valence-corrected chi connectivity index (χ3v) is 8.31. The summed E-state index contributed by atoms with van der Waals surface area (Å²) in [6.07, 6.45) is 3.69. The first-order chi connectivity index (χ1) is 20.1. The van der Waals surface area contributed by atoms with Gasteiger partial charge in [-0.3, -0.25) is 9.59 Å². The van der Waals surface area contributed by atoms with Gasteiger partial charge in [-0.25, -0.2) is 0 Å². The molecule has 4 aromatic rings. The number of fused-ring (bicyclic) bond motifs is 1. The fourth-order valence-corrected chi connectivity index (χ4v) is 5.99. The van der Waals surface area contributed by atoms with Crippen LogP contribution in [0.5, 0.6) is 0 Å². The predicted octanol–water partition coefficient (Wildman–Crippen LogP) is 6.19. The summed E-state index contributed by atoms with van der Waals surface area (Å²) in [6, 6.07) is 34.9. The topological polar surface area (TPSA) is 61.4 Å². The van der Waals surface area contributed by atoms with Crippen molar-refractivity contribution < 1.29 is 9.59 Å². The minimum absolute atomic E-state index is 0.102. The second-order valence-corrected chi connectivity index (χ2v) is 11.1. The molecule has 0 bridgehead atoms. The van der Waals surface area contributed by atoms with Gasteiger partial charge in [0.15, 0.2) is 5.78 Å². The zero-order valence-electron chi connectivity index (χ0n) is 24.0. The molecule has 1 aliphatic heterocycles. The lowest BCUT2D eigenvalue weighted by Crippen LogP contribution is -2.47. The lowest BCUT2D eigenvalue weighted by Gasteiger charge is -2.29. The van der Waals surface area contributed by atoms with Crippen LogP contribution >= 0.6 is 0 Å². The molecule has 0 saturated carbocycles. The van der Waals surface area contributed by atoms with Crippen molar-refractivity contribution in [1.29, 1.82) is 0 Å². The van der Waals surface area contributed by atoms with Crippen LogP contribution in [0.3, 0.4) is 0 Å². The van der Waals surface area contributed by atoms with E-state index in [9.17, 15) is 9.59 Å². The number of carbonyl (C=O) groups excluding carboxylic acids is 2. The maximum atomic E-state index is 13.9. The second kappa shape index (κ2) is 14.2. The normalized spacial score (nSPS) is 17.6. The Bertz CT molecular complexity index is 1380. The van der Waals surface area contributed by atoms with E-state index < -0.39 is 0 Å². The van der Waals surface area contributed by atoms with E-state index >= 15 is 0 Å². The Kier molecular flexibility index (Phi) is 9.95. The van der Waals surface area contributed by atoms with Crippen molar-refractivity contribution in [2.45, 2.75) is 50.1 Å². The van der Waals surface area contributed by atoms with Crippen LogP contribution < -0.4 is 10.6 Å². The highest BCUT2D eigenvalue weighted by atomic mass is 16.2. The Hall–Kier alpha value is -3.80. The average molecular weight is 548 g/mol. The van der Waals surface area contributed by atoms with Crippen molar-refractivity contribution in [3.05, 3.63) is 120 Å². The number of carbonyl (C=O) groups is 2. The summed E-state index contributed by atoms with van der Waals surface area (Å²) >= 11 is 0. The molecule has 1 amide bonds. The number of amides is 1. The van der Waals surface area contributed by atoms with Crippen LogP contribution in [0.25, 0.3) is 10.8 Å². The molecule has 1 saturated heterocycles. The lowest BCUT2D eigenvalue weighted by molar-refractivity contribution is -0.133. The highest BCUT2D eigenvalue weighted by molar-refractivity contribution is 6.00. The molecule has 5 heteroatoms. The molecule has 2 N–H and O–H groups in total. The van der Waals surface area contributed by atoms with Crippen LogP contribution in [-0.4, -0.2) is 55.4 Å². The number of hydrogen-bond acceptors (Lipinski definition) is 4. The predicted molar refractivity (Wildman–Crippen MR) is 167 cm³/mol. The summed E-state index contributed by atoms with van der Waals surface area (Å²) < 4.78 is 0. The van der Waals surface area contributed by atoms with Crippen molar-refractivity contribution in [2.75, 3.05) is 26.7 Å². The Balaban J connectivity index is 1.30. The smallest absolute Gasteiger partial charge is 0.239 e. The molecule has 1 heterocycles. The number of rotatable bonds is 12. The number of benzene rings is 4. The summed E-state index contributed by atoms with van der Waals surface area (Å²) in [5.74, 6) is 0.427. The van der Waals surface area contributed by atoms with Crippen molar-refractivity contribution >= 4 is 22.5 Å². The van der Waals surface area contributed by atoms with Gasteiger partial charge in [-0.2, -0.15) is 0 Å². The molecule has 1 fully saturated rings. The average Bonchev–Trinajstić information content (AvgIpc) is 3.17. The highest BCUT2D eigenvalue weighted by Gasteiger charge is 2.32. The summed E-state index contributed by atoms with van der Waals surface area (Å²) in [4.78, 5) is 29.2. The molecule has 4 aromatic carbocycles. The first-order valence-electron chi connectivity index (χ1n) is 14.9. The largest absolute Gasteiger partial charge is 0.340 e. The minimum atomic E-state index is -0.251. The van der Waals surface area contributed by atoms with Crippen LogP contribution in [0.15, 0.2) is 103 Å². The van der Waals surface area contributed by atoms with E-state index in [2.05, 4.69) is 70.1 Å². The molecule has 0 radical (unpaired) electrons. The van der Waals surface area contributed by atoms with Crippen molar-refractivity contribution in [2.24, 2.45) is 0 Å². The van der Waals surface area contributed by atoms with E-state index in [1.165, 1.54) is 11.1 Å². The van der Waals surface area contributed by atoms with Gasteiger partial charge in [-0.05, 0) is 67.2 Å². The number of Topliss-reactive ketones (excluding diaryl/α,β-unsaturated/α-hetero) is 1. The molecule has 0 aromatic heterocycles. The van der Waals surface area contributed by atoms with Gasteiger partial charge < -0.3 is 15.5 Å². The Labute approximate surface area is 244 Å². The van der Waals surface area contributed by atoms with Crippen LogP contribution in [-0.2, 0) is 4.79 Å². The lowest BCUT2D eigenvalue weighted by atomic mass is 9.90. The van der Waals surface area contributed by atoms with Gasteiger partial charge in [0.05, 0.1) is 6.04 Å². The molecular formula is C36H41N3O2. The first-order valence-corrected chi connectivity index (χ1v) is 14.9. The molecule has 212 valence electrons. The fourth-order valence-electron chi connectivity index (χ4n) is 5.99. The standard InChI is InChI=1S/C36H41N3O2/c1-37-23-10-17-34-36(41)39(26-33(28-12-4-2-5-13-28)29-14-6-3-7-15-29)24-22-32(38-34)20-21-35(40)31-19-18-27-11-8-9-16-30(27)25-31/h2-9,11-16,18-19,25,32-34,37-38H,10,17,20-24,26H2,1H3/t32-,34+/m1/s1. The van der Waals surface area contributed by atoms with Gasteiger partial charge >= 0.3 is 0 Å². The van der Waals surface area contributed by atoms with E-state index in [0.717, 1.165) is 48.6 Å². The number of hydrogen-bond donors (Lipinski definition) is 2. The van der Waals surface area contributed by atoms with Gasteiger partial charge in [-0.1, -0.05) is 97.1 Å². The maximum Gasteiger partial charge on any atom is 0.239 e. The fraction of sp³-hybridized carbons (Fsp3) is 0.333. The highest BCUT2D eigenvalue weighted by Crippen LogP contribution is 2.27. The van der Waals surface area contributed by atoms with E-state index in [0.29, 0.717) is 19.5 Å². The summed E-state index contributed by atoms with van der Waals surface area (Å²) in [7, 11) is 1.94. The number of nitrogens with zero attached hydrogens (tertiary/aromatic N) is 1. The van der Waals surface area contributed by atoms with Gasteiger partial charge in [-0.15, -0.1) is 0 Å². The van der Waals surface area contributed by atoms with E-state index in [1.54, 1.807) is 0 Å². The molecule has 41 heavy (non-hydrogen) atoms. The summed E-state index contributed by atoms with van der Waals surface area (Å²) in [5.41, 5.74) is 3.19. The zero-order valence-corrected chi connectivity index (χ0v) is 24.0. The summed E-state index contributed by atoms with van der Waals surface area (Å²) in [6.45, 7) is 2.19. The van der Waals surface area contributed by atoms with Gasteiger partial charge in [0, 0.05) is 37.0 Å². The molecule has 0 spiro atoms. The maximum absolute atomic E-state index is 13.9. The van der Waals surface area contributed by atoms with Gasteiger partial charge in [0.25, 0.3) is 0 Å². The minimum Gasteiger partial charge on any atom is -0.340 e. The molecule has 5 nitrogen and oxygen atoms in total. The molecular weight excluding hydrogens is 506 g/mol. The van der Waals surface area contributed by atoms with Crippen LogP contribution in [0.2, 0.25) is 0 Å². The zero-order chi connectivity index (χ0) is 28.4. The van der Waals surface area contributed by atoms with Crippen LogP contribution in [0.1, 0.15) is 59.5 Å². The third-order valence-electron chi connectivity index (χ3n) is 8.31. The van der Waals surface area contributed by atoms with Crippen molar-refractivity contribution in [1.82, 2.24) is 15.5 Å². The SMILES string of the molecule is CNCCC[C@@H]1N[C@H](CCC(=O)c2ccc3ccccc3c2)CCN(CC(c2ccccc2)c2ccccc2)C1=O. The molecule has 5 rings (SSSR count). The Morgan fingerprint density at radius 1 is 0.878 bits per heavy atom. The molecule has 0 unspecified atom stereocenters. The van der Waals surface area contributed by atoms with E-state index in [4.69, 9.17) is 0 Å². The van der Waals surface area contributed by atoms with Gasteiger partial charge in [0.1, 0.15) is 0 Å². The van der Waals surface area contributed by atoms with Crippen molar-refractivity contribution in [3.63, 3.8) is 0 Å². The van der Waals surface area contributed by atoms with Gasteiger partial charge in [0.2, 0.25) is 5.91 Å². The second-order valence-electron chi connectivity index (χ2n) is 11.1. The number of nitrogens with one attached hydrogen (secondary N) is 2. The Morgan fingerprint density at radius 3 is 2.22 bits per heavy atom. The van der Waals surface area contributed by atoms with Crippen molar-refractivity contribution in [3.8, 4) is 0 Å². The van der Waals surface area contributed by atoms with Crippen LogP contribution in [0.4, 0.5) is 0 Å².